The summed E-state index contributed by atoms with van der Waals surface area (Å²) in [6, 6.07) is -4.88. The number of likely N-dealkylation sites (tertiary alicyclic amines) is 1. The fourth-order valence-corrected chi connectivity index (χ4v) is 3.11. The zero-order valence-electron chi connectivity index (χ0n) is 20.5. The van der Waals surface area contributed by atoms with Gasteiger partial charge in [0.2, 0.25) is 5.91 Å². The van der Waals surface area contributed by atoms with E-state index in [1.165, 1.54) is 11.8 Å². The lowest BCUT2D eigenvalue weighted by molar-refractivity contribution is -0.150. The first-order chi connectivity index (χ1) is 15.0. The largest absolute Gasteiger partial charge is 0.480 e. The van der Waals surface area contributed by atoms with Crippen LogP contribution in [0.1, 0.15) is 45.5 Å². The minimum atomic E-state index is -1.08. The van der Waals surface area contributed by atoms with E-state index in [0.29, 0.717) is 19.4 Å². The number of ether oxygens (including phenoxy) is 1. The Morgan fingerprint density at radius 1 is 1.37 bits per heavy atom. The molecular weight excluding hydrogens is 348 g/mol. The summed E-state index contributed by atoms with van der Waals surface area (Å²) in [6.45, 7) is 3.56. The SMILES string of the molecule is [2H]c1c([2H])c([2H])c(CC[C@@H](N[C@H](C)C(=O)N2CCC[C@@H]2C(=O)O)C(=O)OCC)c([2H])c1[2H]. The third kappa shape index (κ3) is 5.79. The van der Waals surface area contributed by atoms with Gasteiger partial charge >= 0.3 is 11.9 Å². The van der Waals surface area contributed by atoms with Crippen LogP contribution in [0.4, 0.5) is 0 Å². The lowest BCUT2D eigenvalue weighted by Gasteiger charge is -2.27. The number of carboxylic acid groups (broad SMARTS) is 1. The Morgan fingerprint density at radius 2 is 2.07 bits per heavy atom. The molecule has 1 aromatic rings. The molecule has 2 N–H and O–H groups in total. The highest BCUT2D eigenvalue weighted by atomic mass is 16.5. The summed E-state index contributed by atoms with van der Waals surface area (Å²) in [4.78, 5) is 37.9. The zero-order chi connectivity index (χ0) is 24.2. The lowest BCUT2D eigenvalue weighted by Crippen LogP contribution is -2.53. The molecule has 0 radical (unpaired) electrons. The number of hydrogen-bond donors (Lipinski definition) is 2. The maximum absolute atomic E-state index is 12.8. The average Bonchev–Trinajstić information content (AvgIpc) is 3.25. The van der Waals surface area contributed by atoms with Crippen LogP contribution in [0.5, 0.6) is 0 Å². The fourth-order valence-electron chi connectivity index (χ4n) is 3.11. The highest BCUT2D eigenvalue weighted by Gasteiger charge is 2.36. The molecule has 0 bridgehead atoms. The Kier molecular flexibility index (Phi) is 5.45. The Balaban J connectivity index is 2.18. The molecule has 3 atom stereocenters. The quantitative estimate of drug-likeness (QED) is 0.631. The van der Waals surface area contributed by atoms with Crippen molar-refractivity contribution >= 4 is 17.8 Å². The second-order valence-corrected chi connectivity index (χ2v) is 6.36. The maximum atomic E-state index is 12.8. The second kappa shape index (κ2) is 10.1. The van der Waals surface area contributed by atoms with Crippen molar-refractivity contribution in [1.29, 1.82) is 0 Å². The number of amides is 1. The van der Waals surface area contributed by atoms with Gasteiger partial charge in [-0.25, -0.2) is 4.79 Å². The molecule has 27 heavy (non-hydrogen) atoms. The van der Waals surface area contributed by atoms with Crippen molar-refractivity contribution in [3.8, 4) is 0 Å². The minimum Gasteiger partial charge on any atom is -0.480 e. The van der Waals surface area contributed by atoms with Crippen molar-refractivity contribution in [3.63, 3.8) is 0 Å². The van der Waals surface area contributed by atoms with Crippen LogP contribution >= 0.6 is 0 Å². The van der Waals surface area contributed by atoms with Gasteiger partial charge in [-0.3, -0.25) is 14.9 Å². The average molecular weight is 381 g/mol. The number of carbonyl (C=O) groups excluding carboxylic acids is 2. The highest BCUT2D eigenvalue weighted by Crippen LogP contribution is 2.19. The number of rotatable bonds is 9. The first-order valence-corrected chi connectivity index (χ1v) is 9.02. The van der Waals surface area contributed by atoms with E-state index in [4.69, 9.17) is 11.6 Å². The van der Waals surface area contributed by atoms with Crippen molar-refractivity contribution < 1.29 is 31.1 Å². The van der Waals surface area contributed by atoms with Crippen LogP contribution in [0.15, 0.2) is 30.2 Å². The topological polar surface area (TPSA) is 95.9 Å². The summed E-state index contributed by atoms with van der Waals surface area (Å²) in [7, 11) is 0. The zero-order valence-corrected chi connectivity index (χ0v) is 15.5. The highest BCUT2D eigenvalue weighted by molar-refractivity contribution is 5.88. The van der Waals surface area contributed by atoms with Gasteiger partial charge < -0.3 is 14.7 Å². The monoisotopic (exact) mass is 381 g/mol. The Labute approximate surface area is 166 Å². The number of hydrogen-bond acceptors (Lipinski definition) is 5. The molecule has 7 nitrogen and oxygen atoms in total. The predicted octanol–water partition coefficient (Wildman–Crippen LogP) is 1.60. The Hall–Kier alpha value is -2.41. The van der Waals surface area contributed by atoms with E-state index in [0.717, 1.165) is 0 Å². The van der Waals surface area contributed by atoms with Crippen molar-refractivity contribution in [1.82, 2.24) is 10.2 Å². The molecule has 1 fully saturated rings. The number of carboxylic acids is 1. The summed E-state index contributed by atoms with van der Waals surface area (Å²) < 4.78 is 44.4. The Bertz CT molecular complexity index is 869. The molecule has 7 heteroatoms. The molecule has 1 heterocycles. The van der Waals surface area contributed by atoms with Crippen molar-refractivity contribution in [2.24, 2.45) is 0 Å². The molecule has 148 valence electrons. The van der Waals surface area contributed by atoms with Crippen LogP contribution < -0.4 is 5.32 Å². The predicted molar refractivity (Wildman–Crippen MR) is 100 cm³/mol. The van der Waals surface area contributed by atoms with Crippen LogP contribution in [0.3, 0.4) is 0 Å². The molecule has 1 aromatic carbocycles. The minimum absolute atomic E-state index is 0.0193. The fraction of sp³-hybridized carbons (Fsp3) is 0.550. The maximum Gasteiger partial charge on any atom is 0.326 e. The summed E-state index contributed by atoms with van der Waals surface area (Å²) in [5.74, 6) is -2.17. The summed E-state index contributed by atoms with van der Waals surface area (Å²) in [5.41, 5.74) is 0.0663. The Morgan fingerprint density at radius 3 is 2.70 bits per heavy atom. The van der Waals surface area contributed by atoms with Gasteiger partial charge in [0.05, 0.1) is 19.5 Å². The van der Waals surface area contributed by atoms with E-state index in [2.05, 4.69) is 5.32 Å². The van der Waals surface area contributed by atoms with Gasteiger partial charge in [-0.2, -0.15) is 0 Å². The van der Waals surface area contributed by atoms with Gasteiger partial charge in [0, 0.05) is 6.54 Å². The first kappa shape index (κ1) is 14.6. The van der Waals surface area contributed by atoms with Gasteiger partial charge in [-0.05, 0) is 45.1 Å². The number of carbonyl (C=O) groups is 3. The number of nitrogens with one attached hydrogen (secondary N) is 1. The molecule has 1 aliphatic heterocycles. The molecule has 0 unspecified atom stereocenters. The van der Waals surface area contributed by atoms with E-state index >= 15 is 0 Å². The van der Waals surface area contributed by atoms with E-state index < -0.39 is 54.1 Å². The molecule has 0 spiro atoms. The molecule has 0 aromatic heterocycles. The van der Waals surface area contributed by atoms with Gasteiger partial charge in [0.1, 0.15) is 12.1 Å². The van der Waals surface area contributed by atoms with E-state index in [-0.39, 0.29) is 37.1 Å². The lowest BCUT2D eigenvalue weighted by atomic mass is 10.0. The number of aliphatic carboxylic acids is 1. The van der Waals surface area contributed by atoms with Crippen molar-refractivity contribution in [2.45, 2.75) is 57.7 Å². The van der Waals surface area contributed by atoms with Gasteiger partial charge in [-0.15, -0.1) is 0 Å². The smallest absolute Gasteiger partial charge is 0.326 e. The standard InChI is InChI=1S/C20H28N2O5/c1-3-27-20(26)16(12-11-15-8-5-4-6-9-15)21-14(2)18(23)22-13-7-10-17(22)19(24)25/h4-6,8-9,14,16-17,21H,3,7,10-13H2,1-2H3,(H,24,25)/t14-,16-,17-/m1/s1/i4D,5D,6D,8D,9D. The summed E-state index contributed by atoms with van der Waals surface area (Å²) >= 11 is 0. The molecule has 2 rings (SSSR count). The molecule has 0 aliphatic carbocycles. The van der Waals surface area contributed by atoms with Crippen LogP contribution in [0, 0.1) is 0 Å². The van der Waals surface area contributed by atoms with Crippen LogP contribution in [0.2, 0.25) is 0 Å². The normalized spacial score (nSPS) is 21.3. The second-order valence-electron chi connectivity index (χ2n) is 6.36. The molecule has 1 amide bonds. The summed E-state index contributed by atoms with van der Waals surface area (Å²) in [5, 5.41) is 12.2. The summed E-state index contributed by atoms with van der Waals surface area (Å²) in [6.07, 6.45) is 0.943. The van der Waals surface area contributed by atoms with Crippen molar-refractivity contribution in [2.75, 3.05) is 13.2 Å². The number of benzene rings is 1. The van der Waals surface area contributed by atoms with E-state index in [1.807, 2.05) is 0 Å². The van der Waals surface area contributed by atoms with Crippen LogP contribution in [-0.2, 0) is 25.5 Å². The van der Waals surface area contributed by atoms with Crippen LogP contribution in [-0.4, -0.2) is 59.1 Å². The van der Waals surface area contributed by atoms with E-state index in [1.54, 1.807) is 6.92 Å². The third-order valence-corrected chi connectivity index (χ3v) is 4.45. The van der Waals surface area contributed by atoms with E-state index in [9.17, 15) is 19.5 Å². The third-order valence-electron chi connectivity index (χ3n) is 4.45. The van der Waals surface area contributed by atoms with Crippen molar-refractivity contribution in [3.05, 3.63) is 35.8 Å². The molecule has 1 saturated heterocycles. The van der Waals surface area contributed by atoms with Gasteiger partial charge in [0.15, 0.2) is 0 Å². The molecular formula is C20H28N2O5. The molecule has 1 aliphatic rings. The first-order valence-electron chi connectivity index (χ1n) is 11.5. The van der Waals surface area contributed by atoms with Crippen LogP contribution in [0.25, 0.3) is 0 Å². The van der Waals surface area contributed by atoms with Gasteiger partial charge in [0.25, 0.3) is 0 Å². The molecule has 0 saturated carbocycles. The van der Waals surface area contributed by atoms with Gasteiger partial charge in [-0.1, -0.05) is 30.2 Å². The number of nitrogens with zero attached hydrogens (tertiary/aromatic N) is 1. The number of esters is 1.